The normalized spacial score (nSPS) is 10.2. The first-order valence-corrected chi connectivity index (χ1v) is 4.78. The van der Waals surface area contributed by atoms with Gasteiger partial charge in [-0.05, 0) is 6.07 Å². The number of nitrogens with two attached hydrogens (primary N) is 1. The summed E-state index contributed by atoms with van der Waals surface area (Å²) in [4.78, 5) is 15.4. The second-order valence-corrected chi connectivity index (χ2v) is 3.38. The van der Waals surface area contributed by atoms with Gasteiger partial charge in [-0.2, -0.15) is 5.10 Å². The number of anilines is 2. The van der Waals surface area contributed by atoms with Crippen molar-refractivity contribution in [1.29, 1.82) is 0 Å². The summed E-state index contributed by atoms with van der Waals surface area (Å²) in [5.41, 5.74) is 5.49. The number of carbonyl (C=O) groups excluding carboxylic acids is 1. The fourth-order valence-corrected chi connectivity index (χ4v) is 1.31. The molecule has 0 unspecified atom stereocenters. The second-order valence-electron chi connectivity index (χ2n) is 3.38. The van der Waals surface area contributed by atoms with Gasteiger partial charge < -0.3 is 11.1 Å². The van der Waals surface area contributed by atoms with E-state index in [9.17, 15) is 9.18 Å². The molecule has 6 nitrogen and oxygen atoms in total. The van der Waals surface area contributed by atoms with Crippen molar-refractivity contribution in [3.05, 3.63) is 35.9 Å². The van der Waals surface area contributed by atoms with E-state index in [2.05, 4.69) is 15.4 Å². The van der Waals surface area contributed by atoms with E-state index < -0.39 is 11.7 Å². The topological polar surface area (TPSA) is 85.8 Å². The molecule has 3 N–H and O–H groups in total. The molecule has 2 heterocycles. The third-order valence-electron chi connectivity index (χ3n) is 2.19. The molecule has 17 heavy (non-hydrogen) atoms. The molecule has 2 aromatic heterocycles. The standard InChI is InChI=1S/C10H10FN5O/c1-16-8(2-3-14-16)15-10(17)7-4-6(11)5-13-9(7)12/h2-5H,1H3,(H2,12,13)(H,15,17). The lowest BCUT2D eigenvalue weighted by molar-refractivity contribution is 0.102. The van der Waals surface area contributed by atoms with Crippen LogP contribution < -0.4 is 11.1 Å². The first kappa shape index (κ1) is 11.1. The third-order valence-corrected chi connectivity index (χ3v) is 2.19. The molecule has 0 fully saturated rings. The maximum atomic E-state index is 12.9. The first-order chi connectivity index (χ1) is 8.08. The zero-order valence-corrected chi connectivity index (χ0v) is 9.01. The highest BCUT2D eigenvalue weighted by Gasteiger charge is 2.13. The fourth-order valence-electron chi connectivity index (χ4n) is 1.31. The summed E-state index contributed by atoms with van der Waals surface area (Å²) >= 11 is 0. The molecule has 88 valence electrons. The zero-order chi connectivity index (χ0) is 12.4. The van der Waals surface area contributed by atoms with Crippen molar-refractivity contribution in [2.45, 2.75) is 0 Å². The summed E-state index contributed by atoms with van der Waals surface area (Å²) in [6, 6.07) is 2.65. The summed E-state index contributed by atoms with van der Waals surface area (Å²) in [5, 5.41) is 6.43. The number of amides is 1. The minimum Gasteiger partial charge on any atom is -0.383 e. The van der Waals surface area contributed by atoms with Gasteiger partial charge in [-0.25, -0.2) is 9.37 Å². The molecule has 1 amide bonds. The van der Waals surface area contributed by atoms with Crippen molar-refractivity contribution in [2.24, 2.45) is 7.05 Å². The number of nitrogens with zero attached hydrogens (tertiary/aromatic N) is 3. The molecule has 0 saturated carbocycles. The van der Waals surface area contributed by atoms with Crippen molar-refractivity contribution in [3.63, 3.8) is 0 Å². The monoisotopic (exact) mass is 235 g/mol. The van der Waals surface area contributed by atoms with Crippen molar-refractivity contribution in [2.75, 3.05) is 11.1 Å². The Hall–Kier alpha value is -2.44. The SMILES string of the molecule is Cn1nccc1NC(=O)c1cc(F)cnc1N. The van der Waals surface area contributed by atoms with Crippen LogP contribution in [0.2, 0.25) is 0 Å². The average molecular weight is 235 g/mol. The molecule has 0 saturated heterocycles. The van der Waals surface area contributed by atoms with Crippen molar-refractivity contribution in [1.82, 2.24) is 14.8 Å². The number of rotatable bonds is 2. The van der Waals surface area contributed by atoms with Crippen molar-refractivity contribution >= 4 is 17.5 Å². The van der Waals surface area contributed by atoms with Crippen LogP contribution in [-0.4, -0.2) is 20.7 Å². The Bertz CT molecular complexity index is 566. The van der Waals surface area contributed by atoms with E-state index in [4.69, 9.17) is 5.73 Å². The highest BCUT2D eigenvalue weighted by Crippen LogP contribution is 2.13. The van der Waals surface area contributed by atoms with E-state index in [0.717, 1.165) is 12.3 Å². The summed E-state index contributed by atoms with van der Waals surface area (Å²) < 4.78 is 14.4. The molecule has 0 aliphatic heterocycles. The number of halogens is 1. The Kier molecular flexibility index (Phi) is 2.73. The molecule has 2 aromatic rings. The van der Waals surface area contributed by atoms with Crippen LogP contribution >= 0.6 is 0 Å². The third kappa shape index (κ3) is 2.22. The number of pyridine rings is 1. The van der Waals surface area contributed by atoms with Crippen molar-refractivity contribution < 1.29 is 9.18 Å². The van der Waals surface area contributed by atoms with Gasteiger partial charge in [0.1, 0.15) is 17.5 Å². The highest BCUT2D eigenvalue weighted by molar-refractivity contribution is 6.06. The van der Waals surface area contributed by atoms with E-state index >= 15 is 0 Å². The first-order valence-electron chi connectivity index (χ1n) is 4.78. The molecular formula is C10H10FN5O. The Morgan fingerprint density at radius 1 is 1.59 bits per heavy atom. The quantitative estimate of drug-likeness (QED) is 0.805. The fraction of sp³-hybridized carbons (Fsp3) is 0.100. The van der Waals surface area contributed by atoms with Gasteiger partial charge in [0.2, 0.25) is 0 Å². The van der Waals surface area contributed by atoms with Crippen LogP contribution in [0.3, 0.4) is 0 Å². The molecule has 7 heteroatoms. The van der Waals surface area contributed by atoms with Crippen LogP contribution in [0.1, 0.15) is 10.4 Å². The van der Waals surface area contributed by atoms with E-state index in [1.807, 2.05) is 0 Å². The van der Waals surface area contributed by atoms with Gasteiger partial charge in [0.05, 0.1) is 18.0 Å². The lowest BCUT2D eigenvalue weighted by Gasteiger charge is -2.06. The van der Waals surface area contributed by atoms with Gasteiger partial charge in [-0.3, -0.25) is 9.48 Å². The molecule has 2 rings (SSSR count). The number of nitrogens with one attached hydrogen (secondary N) is 1. The molecule has 0 aromatic carbocycles. The minimum atomic E-state index is -0.616. The number of hydrogen-bond acceptors (Lipinski definition) is 4. The lowest BCUT2D eigenvalue weighted by atomic mass is 10.2. The van der Waals surface area contributed by atoms with Crippen LogP contribution in [-0.2, 0) is 7.05 Å². The molecule has 0 aliphatic rings. The second kappa shape index (κ2) is 4.20. The minimum absolute atomic E-state index is 0.00815. The van der Waals surface area contributed by atoms with E-state index in [-0.39, 0.29) is 11.4 Å². The number of aryl methyl sites for hydroxylation is 1. The van der Waals surface area contributed by atoms with E-state index in [1.165, 1.54) is 10.9 Å². The van der Waals surface area contributed by atoms with Crippen LogP contribution in [0.4, 0.5) is 16.0 Å². The largest absolute Gasteiger partial charge is 0.383 e. The Labute approximate surface area is 96.3 Å². The van der Waals surface area contributed by atoms with E-state index in [1.54, 1.807) is 13.1 Å². The predicted octanol–water partition coefficient (Wildman–Crippen LogP) is 0.789. The van der Waals surface area contributed by atoms with Gasteiger partial charge in [0, 0.05) is 13.1 Å². The predicted molar refractivity (Wildman–Crippen MR) is 59.8 cm³/mol. The van der Waals surface area contributed by atoms with Crippen LogP contribution in [0.5, 0.6) is 0 Å². The highest BCUT2D eigenvalue weighted by atomic mass is 19.1. The van der Waals surface area contributed by atoms with E-state index in [0.29, 0.717) is 5.82 Å². The van der Waals surface area contributed by atoms with Gasteiger partial charge in [-0.15, -0.1) is 0 Å². The smallest absolute Gasteiger partial charge is 0.260 e. The van der Waals surface area contributed by atoms with Gasteiger partial charge in [0.15, 0.2) is 0 Å². The summed E-state index contributed by atoms with van der Waals surface area (Å²) in [7, 11) is 1.67. The average Bonchev–Trinajstić information content (AvgIpc) is 2.68. The van der Waals surface area contributed by atoms with Gasteiger partial charge in [0.25, 0.3) is 5.91 Å². The number of hydrogen-bond donors (Lipinski definition) is 2. The van der Waals surface area contributed by atoms with Crippen LogP contribution in [0, 0.1) is 5.82 Å². The Balaban J connectivity index is 2.26. The summed E-state index contributed by atoms with van der Waals surface area (Å²) in [6.45, 7) is 0. The molecule has 0 atom stereocenters. The molecule has 0 aliphatic carbocycles. The van der Waals surface area contributed by atoms with Gasteiger partial charge in [-0.1, -0.05) is 0 Å². The van der Waals surface area contributed by atoms with Crippen LogP contribution in [0.25, 0.3) is 0 Å². The summed E-state index contributed by atoms with van der Waals surface area (Å²) in [5.74, 6) is -0.683. The number of nitrogen functional groups attached to an aromatic ring is 1. The molecule has 0 spiro atoms. The zero-order valence-electron chi connectivity index (χ0n) is 9.01. The Morgan fingerprint density at radius 2 is 2.35 bits per heavy atom. The maximum Gasteiger partial charge on any atom is 0.260 e. The van der Waals surface area contributed by atoms with Crippen molar-refractivity contribution in [3.8, 4) is 0 Å². The number of carbonyl (C=O) groups is 1. The number of aromatic nitrogens is 3. The lowest BCUT2D eigenvalue weighted by Crippen LogP contribution is -2.17. The Morgan fingerprint density at radius 3 is 3.00 bits per heavy atom. The molecule has 0 bridgehead atoms. The van der Waals surface area contributed by atoms with Gasteiger partial charge >= 0.3 is 0 Å². The van der Waals surface area contributed by atoms with Crippen LogP contribution in [0.15, 0.2) is 24.5 Å². The molecular weight excluding hydrogens is 225 g/mol. The maximum absolute atomic E-state index is 12.9. The summed E-state index contributed by atoms with van der Waals surface area (Å²) in [6.07, 6.45) is 2.49. The molecule has 0 radical (unpaired) electrons.